The molecule has 0 atom stereocenters. The van der Waals surface area contributed by atoms with E-state index in [4.69, 9.17) is 5.11 Å². The number of hydrogen-bond donors (Lipinski definition) is 1. The molecule has 1 N–H and O–H groups in total. The lowest BCUT2D eigenvalue weighted by atomic mass is 10.0. The fourth-order valence-corrected chi connectivity index (χ4v) is 2.03. The lowest BCUT2D eigenvalue weighted by Crippen LogP contribution is -1.92. The number of benzene rings is 2. The van der Waals surface area contributed by atoms with Crippen LogP contribution in [-0.2, 0) is 19.4 Å². The normalized spacial score (nSPS) is 10.5. The maximum absolute atomic E-state index is 9.11. The second kappa shape index (κ2) is 5.65. The molecule has 0 aliphatic rings. The molecule has 0 radical (unpaired) electrons. The van der Waals surface area contributed by atoms with Crippen molar-refractivity contribution in [3.63, 3.8) is 0 Å². The predicted octanol–water partition coefficient (Wildman–Crippen LogP) is 3.33. The molecule has 2 aromatic carbocycles. The molecule has 2 aromatic rings. The Kier molecular flexibility index (Phi) is 3.94. The van der Waals surface area contributed by atoms with Gasteiger partial charge >= 0.3 is 0 Å². The number of hydrogen-bond acceptors (Lipinski definition) is 1. The first-order valence-corrected chi connectivity index (χ1v) is 6.08. The first kappa shape index (κ1) is 11.9. The lowest BCUT2D eigenvalue weighted by molar-refractivity contribution is 0.281. The van der Waals surface area contributed by atoms with Crippen LogP contribution in [0.2, 0.25) is 0 Å². The van der Waals surface area contributed by atoms with E-state index in [0.717, 1.165) is 18.4 Å². The second-order valence-corrected chi connectivity index (χ2v) is 4.33. The Morgan fingerprint density at radius 3 is 1.94 bits per heavy atom. The van der Waals surface area contributed by atoms with Gasteiger partial charge in [-0.2, -0.15) is 0 Å². The summed E-state index contributed by atoms with van der Waals surface area (Å²) >= 11 is 0. The Balaban J connectivity index is 2.18. The van der Waals surface area contributed by atoms with E-state index in [0.29, 0.717) is 0 Å². The van der Waals surface area contributed by atoms with Crippen molar-refractivity contribution in [2.45, 2.75) is 26.4 Å². The maximum atomic E-state index is 9.11. The Hall–Kier alpha value is -1.60. The Labute approximate surface area is 103 Å². The summed E-state index contributed by atoms with van der Waals surface area (Å²) in [6.07, 6.45) is 2.01. The minimum absolute atomic E-state index is 0.114. The van der Waals surface area contributed by atoms with E-state index < -0.39 is 0 Å². The highest BCUT2D eigenvalue weighted by Gasteiger charge is 1.99. The molecule has 0 heterocycles. The van der Waals surface area contributed by atoms with Gasteiger partial charge in [-0.05, 0) is 35.1 Å². The van der Waals surface area contributed by atoms with E-state index in [9.17, 15) is 0 Å². The van der Waals surface area contributed by atoms with Gasteiger partial charge in [-0.25, -0.2) is 0 Å². The molecular formula is C16H18O. The van der Waals surface area contributed by atoms with Crippen molar-refractivity contribution in [2.24, 2.45) is 0 Å². The zero-order valence-electron chi connectivity index (χ0n) is 10.2. The van der Waals surface area contributed by atoms with E-state index in [-0.39, 0.29) is 6.61 Å². The first-order chi connectivity index (χ1) is 8.31. The SMILES string of the molecule is CCc1cccc(Cc2cccc(CO)c2)c1. The van der Waals surface area contributed by atoms with Gasteiger partial charge in [-0.15, -0.1) is 0 Å². The second-order valence-electron chi connectivity index (χ2n) is 4.33. The summed E-state index contributed by atoms with van der Waals surface area (Å²) in [7, 11) is 0. The largest absolute Gasteiger partial charge is 0.392 e. The molecule has 17 heavy (non-hydrogen) atoms. The van der Waals surface area contributed by atoms with Gasteiger partial charge in [0.2, 0.25) is 0 Å². The summed E-state index contributed by atoms with van der Waals surface area (Å²) in [5, 5.41) is 9.11. The van der Waals surface area contributed by atoms with Crippen LogP contribution < -0.4 is 0 Å². The van der Waals surface area contributed by atoms with Gasteiger partial charge in [0.05, 0.1) is 6.61 Å². The number of aliphatic hydroxyl groups is 1. The molecule has 0 aliphatic carbocycles. The van der Waals surface area contributed by atoms with Gasteiger partial charge in [-0.3, -0.25) is 0 Å². The molecule has 0 saturated heterocycles. The van der Waals surface area contributed by atoms with Gasteiger partial charge < -0.3 is 5.11 Å². The van der Waals surface area contributed by atoms with Crippen molar-refractivity contribution in [1.82, 2.24) is 0 Å². The van der Waals surface area contributed by atoms with E-state index in [1.54, 1.807) is 0 Å². The molecule has 88 valence electrons. The maximum Gasteiger partial charge on any atom is 0.0681 e. The molecule has 0 amide bonds. The van der Waals surface area contributed by atoms with Crippen LogP contribution in [0.25, 0.3) is 0 Å². The summed E-state index contributed by atoms with van der Waals surface area (Å²) < 4.78 is 0. The Morgan fingerprint density at radius 2 is 1.35 bits per heavy atom. The van der Waals surface area contributed by atoms with Crippen LogP contribution in [0.4, 0.5) is 0 Å². The molecule has 0 aromatic heterocycles. The summed E-state index contributed by atoms with van der Waals surface area (Å²) in [5.41, 5.74) is 4.94. The summed E-state index contributed by atoms with van der Waals surface area (Å²) in [6.45, 7) is 2.29. The van der Waals surface area contributed by atoms with Crippen LogP contribution >= 0.6 is 0 Å². The minimum atomic E-state index is 0.114. The van der Waals surface area contributed by atoms with Gasteiger partial charge in [0.25, 0.3) is 0 Å². The fraction of sp³-hybridized carbons (Fsp3) is 0.250. The van der Waals surface area contributed by atoms with Gasteiger partial charge in [-0.1, -0.05) is 55.5 Å². The van der Waals surface area contributed by atoms with Crippen LogP contribution in [-0.4, -0.2) is 5.11 Å². The zero-order chi connectivity index (χ0) is 12.1. The Morgan fingerprint density at radius 1 is 0.824 bits per heavy atom. The van der Waals surface area contributed by atoms with Crippen molar-refractivity contribution in [3.8, 4) is 0 Å². The standard InChI is InChI=1S/C16H18O/c1-2-13-5-3-6-14(9-13)10-15-7-4-8-16(11-15)12-17/h3-9,11,17H,2,10,12H2,1H3. The van der Waals surface area contributed by atoms with Gasteiger partial charge in [0, 0.05) is 0 Å². The van der Waals surface area contributed by atoms with Crippen molar-refractivity contribution >= 4 is 0 Å². The molecular weight excluding hydrogens is 208 g/mol. The highest BCUT2D eigenvalue weighted by Crippen LogP contribution is 2.13. The van der Waals surface area contributed by atoms with Crippen molar-refractivity contribution in [1.29, 1.82) is 0 Å². The van der Waals surface area contributed by atoms with Crippen LogP contribution in [0.5, 0.6) is 0 Å². The van der Waals surface area contributed by atoms with E-state index in [1.165, 1.54) is 16.7 Å². The molecule has 0 unspecified atom stereocenters. The van der Waals surface area contributed by atoms with E-state index >= 15 is 0 Å². The van der Waals surface area contributed by atoms with Crippen LogP contribution in [0.1, 0.15) is 29.2 Å². The third kappa shape index (κ3) is 3.18. The smallest absolute Gasteiger partial charge is 0.0681 e. The number of rotatable bonds is 4. The Bertz CT molecular complexity index is 443. The highest BCUT2D eigenvalue weighted by atomic mass is 16.3. The van der Waals surface area contributed by atoms with E-state index in [1.807, 2.05) is 12.1 Å². The summed E-state index contributed by atoms with van der Waals surface area (Å²) in [4.78, 5) is 0. The molecule has 0 bridgehead atoms. The van der Waals surface area contributed by atoms with Crippen LogP contribution in [0, 0.1) is 0 Å². The minimum Gasteiger partial charge on any atom is -0.392 e. The summed E-state index contributed by atoms with van der Waals surface area (Å²) in [5.74, 6) is 0. The number of aliphatic hydroxyl groups excluding tert-OH is 1. The lowest BCUT2D eigenvalue weighted by Gasteiger charge is -2.05. The molecule has 0 fully saturated rings. The van der Waals surface area contributed by atoms with Crippen molar-refractivity contribution in [2.75, 3.05) is 0 Å². The number of aryl methyl sites for hydroxylation is 1. The predicted molar refractivity (Wildman–Crippen MR) is 71.0 cm³/mol. The fourth-order valence-electron chi connectivity index (χ4n) is 2.03. The molecule has 0 spiro atoms. The third-order valence-corrected chi connectivity index (χ3v) is 2.98. The third-order valence-electron chi connectivity index (χ3n) is 2.98. The average Bonchev–Trinajstić information content (AvgIpc) is 2.39. The monoisotopic (exact) mass is 226 g/mol. The molecule has 0 saturated carbocycles. The zero-order valence-corrected chi connectivity index (χ0v) is 10.2. The van der Waals surface area contributed by atoms with Crippen LogP contribution in [0.15, 0.2) is 48.5 Å². The van der Waals surface area contributed by atoms with Gasteiger partial charge in [0.15, 0.2) is 0 Å². The van der Waals surface area contributed by atoms with Crippen LogP contribution in [0.3, 0.4) is 0 Å². The molecule has 2 rings (SSSR count). The summed E-state index contributed by atoms with van der Waals surface area (Å²) in [6, 6.07) is 16.8. The van der Waals surface area contributed by atoms with Crippen molar-refractivity contribution in [3.05, 3.63) is 70.8 Å². The van der Waals surface area contributed by atoms with Gasteiger partial charge in [0.1, 0.15) is 0 Å². The quantitative estimate of drug-likeness (QED) is 0.847. The van der Waals surface area contributed by atoms with E-state index in [2.05, 4.69) is 43.3 Å². The average molecular weight is 226 g/mol. The topological polar surface area (TPSA) is 20.2 Å². The highest BCUT2D eigenvalue weighted by molar-refractivity contribution is 5.31. The molecule has 0 aliphatic heterocycles. The molecule has 1 nitrogen and oxygen atoms in total. The first-order valence-electron chi connectivity index (χ1n) is 6.08. The molecule has 1 heteroatoms. The van der Waals surface area contributed by atoms with Crippen molar-refractivity contribution < 1.29 is 5.11 Å².